The smallest absolute Gasteiger partial charge is 0.232 e. The molecular weight excluding hydrogens is 400 g/mol. The molecule has 0 bridgehead atoms. The Hall–Kier alpha value is -2.54. The molecule has 2 aromatic carbocycles. The summed E-state index contributed by atoms with van der Waals surface area (Å²) in [4.78, 5) is 12.5. The molecule has 1 atom stereocenters. The number of rotatable bonds is 9. The van der Waals surface area contributed by atoms with Crippen LogP contribution in [0.2, 0.25) is 0 Å². The molecule has 0 fully saturated rings. The van der Waals surface area contributed by atoms with E-state index in [-0.39, 0.29) is 24.9 Å². The second-order valence-electron chi connectivity index (χ2n) is 7.69. The van der Waals surface area contributed by atoms with Gasteiger partial charge in [-0.25, -0.2) is 8.42 Å². The van der Waals surface area contributed by atoms with E-state index in [9.17, 15) is 13.2 Å². The third kappa shape index (κ3) is 5.98. The average molecular weight is 433 g/mol. The molecule has 30 heavy (non-hydrogen) atoms. The van der Waals surface area contributed by atoms with E-state index in [0.717, 1.165) is 17.4 Å². The number of hydrogen-bond donors (Lipinski definition) is 1. The lowest BCUT2D eigenvalue weighted by Gasteiger charge is -2.24. The van der Waals surface area contributed by atoms with Gasteiger partial charge in [-0.05, 0) is 68.5 Å². The molecule has 1 amide bonds. The van der Waals surface area contributed by atoms with Gasteiger partial charge in [0.05, 0.1) is 25.1 Å². The van der Waals surface area contributed by atoms with Crippen molar-refractivity contribution in [3.05, 3.63) is 58.7 Å². The number of carbonyl (C=O) groups excluding carboxylic acids is 1. The molecule has 164 valence electrons. The van der Waals surface area contributed by atoms with Gasteiger partial charge < -0.3 is 10.1 Å². The van der Waals surface area contributed by atoms with Crippen LogP contribution in [0, 0.1) is 20.8 Å². The van der Waals surface area contributed by atoms with E-state index in [0.29, 0.717) is 17.9 Å². The van der Waals surface area contributed by atoms with Gasteiger partial charge >= 0.3 is 0 Å². The van der Waals surface area contributed by atoms with E-state index in [4.69, 9.17) is 4.74 Å². The highest BCUT2D eigenvalue weighted by Gasteiger charge is 2.21. The zero-order valence-corrected chi connectivity index (χ0v) is 19.5. The number of aryl methyl sites for hydroxylation is 3. The average Bonchev–Trinajstić information content (AvgIpc) is 2.67. The lowest BCUT2D eigenvalue weighted by molar-refractivity contribution is -0.121. The van der Waals surface area contributed by atoms with Gasteiger partial charge in [-0.3, -0.25) is 9.10 Å². The van der Waals surface area contributed by atoms with Crippen LogP contribution in [0.1, 0.15) is 48.1 Å². The fraction of sp³-hybridized carbons (Fsp3) is 0.435. The van der Waals surface area contributed by atoms with Crippen molar-refractivity contribution < 1.29 is 17.9 Å². The number of nitrogens with one attached hydrogen (secondary N) is 1. The highest BCUT2D eigenvalue weighted by molar-refractivity contribution is 7.92. The minimum Gasteiger partial charge on any atom is -0.495 e. The van der Waals surface area contributed by atoms with E-state index in [2.05, 4.69) is 31.3 Å². The molecule has 2 rings (SSSR count). The number of benzene rings is 2. The number of anilines is 1. The largest absolute Gasteiger partial charge is 0.495 e. The van der Waals surface area contributed by atoms with Crippen LogP contribution in [-0.2, 0) is 14.8 Å². The molecule has 2 aromatic rings. The Bertz CT molecular complexity index is 1000. The maximum atomic E-state index is 12.5. The summed E-state index contributed by atoms with van der Waals surface area (Å²) < 4.78 is 31.2. The summed E-state index contributed by atoms with van der Waals surface area (Å²) in [5.74, 6) is 0.375. The topological polar surface area (TPSA) is 75.7 Å². The lowest BCUT2D eigenvalue weighted by Crippen LogP contribution is -2.33. The van der Waals surface area contributed by atoms with Crippen LogP contribution in [0.15, 0.2) is 36.4 Å². The molecule has 7 heteroatoms. The number of nitrogens with zero attached hydrogens (tertiary/aromatic N) is 1. The first-order valence-electron chi connectivity index (χ1n) is 10.0. The molecule has 0 aromatic heterocycles. The van der Waals surface area contributed by atoms with Crippen molar-refractivity contribution in [1.29, 1.82) is 0 Å². The van der Waals surface area contributed by atoms with E-state index in [1.807, 2.05) is 13.8 Å². The van der Waals surface area contributed by atoms with Crippen molar-refractivity contribution in [3.63, 3.8) is 0 Å². The van der Waals surface area contributed by atoms with Crippen molar-refractivity contribution in [1.82, 2.24) is 5.32 Å². The summed E-state index contributed by atoms with van der Waals surface area (Å²) in [6.45, 7) is 8.34. The predicted octanol–water partition coefficient (Wildman–Crippen LogP) is 4.04. The SMILES string of the molecule is COc1ccccc1N(CCCC(=O)N[C@@H](C)c1cc(C)c(C)cc1C)S(C)(=O)=O. The highest BCUT2D eigenvalue weighted by atomic mass is 32.2. The molecule has 0 aliphatic carbocycles. The fourth-order valence-corrected chi connectivity index (χ4v) is 4.49. The van der Waals surface area contributed by atoms with E-state index in [1.54, 1.807) is 24.3 Å². The monoisotopic (exact) mass is 432 g/mol. The van der Waals surface area contributed by atoms with Gasteiger partial charge in [0.15, 0.2) is 0 Å². The molecule has 6 nitrogen and oxygen atoms in total. The van der Waals surface area contributed by atoms with Crippen LogP contribution in [-0.4, -0.2) is 34.2 Å². The predicted molar refractivity (Wildman–Crippen MR) is 122 cm³/mol. The van der Waals surface area contributed by atoms with Crippen LogP contribution in [0.5, 0.6) is 5.75 Å². The van der Waals surface area contributed by atoms with Gasteiger partial charge in [0, 0.05) is 13.0 Å². The first-order chi connectivity index (χ1) is 14.0. The number of para-hydroxylation sites is 2. The van der Waals surface area contributed by atoms with Gasteiger partial charge in [-0.1, -0.05) is 24.3 Å². The first kappa shape index (κ1) is 23.7. The number of carbonyl (C=O) groups is 1. The van der Waals surface area contributed by atoms with Gasteiger partial charge in [0.2, 0.25) is 15.9 Å². The molecule has 0 radical (unpaired) electrons. The normalized spacial score (nSPS) is 12.3. The maximum absolute atomic E-state index is 12.5. The molecule has 0 spiro atoms. The number of hydrogen-bond acceptors (Lipinski definition) is 4. The Labute approximate surface area is 180 Å². The number of amides is 1. The molecule has 0 saturated heterocycles. The zero-order valence-electron chi connectivity index (χ0n) is 18.7. The minimum atomic E-state index is -3.51. The summed E-state index contributed by atoms with van der Waals surface area (Å²) in [6, 6.07) is 11.1. The Kier molecular flexibility index (Phi) is 7.89. The van der Waals surface area contributed by atoms with Crippen molar-refractivity contribution >= 4 is 21.6 Å². The molecular formula is C23H32N2O4S. The standard InChI is InChI=1S/C23H32N2O4S/c1-16-14-18(3)20(15-17(16)2)19(4)24-23(26)12-9-13-25(30(6,27)28)21-10-7-8-11-22(21)29-5/h7-8,10-11,14-15,19H,9,12-13H2,1-6H3,(H,24,26)/t19-/m0/s1. The second-order valence-corrected chi connectivity index (χ2v) is 9.60. The zero-order chi connectivity index (χ0) is 22.5. The third-order valence-electron chi connectivity index (χ3n) is 5.25. The van der Waals surface area contributed by atoms with Gasteiger partial charge in [0.1, 0.15) is 5.75 Å². The second kappa shape index (κ2) is 9.98. The van der Waals surface area contributed by atoms with E-state index < -0.39 is 10.0 Å². The van der Waals surface area contributed by atoms with Crippen LogP contribution < -0.4 is 14.4 Å². The summed E-state index contributed by atoms with van der Waals surface area (Å²) in [5, 5.41) is 3.03. The first-order valence-corrected chi connectivity index (χ1v) is 11.9. The Morgan fingerprint density at radius 2 is 1.73 bits per heavy atom. The molecule has 0 unspecified atom stereocenters. The number of ether oxygens (including phenoxy) is 1. The van der Waals surface area contributed by atoms with Crippen LogP contribution in [0.4, 0.5) is 5.69 Å². The molecule has 0 heterocycles. The van der Waals surface area contributed by atoms with Crippen LogP contribution >= 0.6 is 0 Å². The molecule has 0 aliphatic rings. The number of methoxy groups -OCH3 is 1. The minimum absolute atomic E-state index is 0.103. The quantitative estimate of drug-likeness (QED) is 0.649. The van der Waals surface area contributed by atoms with Crippen LogP contribution in [0.25, 0.3) is 0 Å². The van der Waals surface area contributed by atoms with E-state index >= 15 is 0 Å². The maximum Gasteiger partial charge on any atom is 0.232 e. The van der Waals surface area contributed by atoms with Crippen molar-refractivity contribution in [2.75, 3.05) is 24.2 Å². The van der Waals surface area contributed by atoms with Gasteiger partial charge in [-0.15, -0.1) is 0 Å². The van der Waals surface area contributed by atoms with Crippen LogP contribution in [0.3, 0.4) is 0 Å². The van der Waals surface area contributed by atoms with Gasteiger partial charge in [0.25, 0.3) is 0 Å². The van der Waals surface area contributed by atoms with Gasteiger partial charge in [-0.2, -0.15) is 0 Å². The summed E-state index contributed by atoms with van der Waals surface area (Å²) in [6.07, 6.45) is 1.79. The molecule has 0 aliphatic heterocycles. The summed E-state index contributed by atoms with van der Waals surface area (Å²) >= 11 is 0. The Morgan fingerprint density at radius 1 is 1.10 bits per heavy atom. The fourth-order valence-electron chi connectivity index (χ4n) is 3.52. The Balaban J connectivity index is 2.02. The summed E-state index contributed by atoms with van der Waals surface area (Å²) in [7, 11) is -2.00. The summed E-state index contributed by atoms with van der Waals surface area (Å²) in [5.41, 5.74) is 5.13. The van der Waals surface area contributed by atoms with Crippen molar-refractivity contribution in [2.24, 2.45) is 0 Å². The molecule has 0 saturated carbocycles. The van der Waals surface area contributed by atoms with Crippen molar-refractivity contribution in [3.8, 4) is 5.75 Å². The lowest BCUT2D eigenvalue weighted by atomic mass is 9.96. The number of sulfonamides is 1. The Morgan fingerprint density at radius 3 is 2.37 bits per heavy atom. The molecule has 1 N–H and O–H groups in total. The third-order valence-corrected chi connectivity index (χ3v) is 6.43. The van der Waals surface area contributed by atoms with E-state index in [1.165, 1.54) is 22.5 Å². The highest BCUT2D eigenvalue weighted by Crippen LogP contribution is 2.29. The van der Waals surface area contributed by atoms with Crippen molar-refractivity contribution in [2.45, 2.75) is 46.6 Å².